The van der Waals surface area contributed by atoms with E-state index in [1.807, 2.05) is 12.1 Å². The summed E-state index contributed by atoms with van der Waals surface area (Å²) in [5.74, 6) is -0.0847. The van der Waals surface area contributed by atoms with E-state index in [4.69, 9.17) is 5.11 Å². The molecule has 0 heterocycles. The molecule has 0 aliphatic heterocycles. The van der Waals surface area contributed by atoms with Gasteiger partial charge >= 0.3 is 5.97 Å². The van der Waals surface area contributed by atoms with Crippen molar-refractivity contribution in [1.82, 2.24) is 0 Å². The minimum absolute atomic E-state index is 0.816. The first-order valence-corrected chi connectivity index (χ1v) is 5.30. The van der Waals surface area contributed by atoms with Crippen molar-refractivity contribution >= 4 is 17.7 Å². The fourth-order valence-corrected chi connectivity index (χ4v) is 1.83. The molecule has 74 valence electrons. The first kappa shape index (κ1) is 10.9. The second-order valence-electron chi connectivity index (χ2n) is 2.88. The highest BCUT2D eigenvalue weighted by atomic mass is 32.2. The van der Waals surface area contributed by atoms with Gasteiger partial charge in [0.05, 0.1) is 0 Å². The van der Waals surface area contributed by atoms with Gasteiger partial charge in [0, 0.05) is 11.8 Å². The highest BCUT2D eigenvalue weighted by Crippen LogP contribution is 2.16. The maximum atomic E-state index is 10.2. The van der Waals surface area contributed by atoms with Crippen LogP contribution < -0.4 is 0 Å². The monoisotopic (exact) mass is 208 g/mol. The van der Waals surface area contributed by atoms with Crippen LogP contribution >= 0.6 is 11.8 Å². The lowest BCUT2D eigenvalue weighted by Gasteiger charge is -2.01. The summed E-state index contributed by atoms with van der Waals surface area (Å²) in [6.07, 6.45) is 1.16. The first-order valence-electron chi connectivity index (χ1n) is 4.26. The predicted molar refractivity (Wildman–Crippen MR) is 59.2 cm³/mol. The van der Waals surface area contributed by atoms with Crippen LogP contribution in [0.25, 0.3) is 0 Å². The van der Waals surface area contributed by atoms with Crippen molar-refractivity contribution in [3.05, 3.63) is 46.9 Å². The fraction of sp³-hybridized carbons (Fsp3) is 0.182. The maximum absolute atomic E-state index is 10.2. The molecule has 0 spiro atoms. The van der Waals surface area contributed by atoms with Gasteiger partial charge in [-0.1, -0.05) is 24.3 Å². The van der Waals surface area contributed by atoms with Gasteiger partial charge in [-0.25, -0.2) is 4.79 Å². The van der Waals surface area contributed by atoms with E-state index in [2.05, 4.69) is 19.1 Å². The van der Waals surface area contributed by atoms with E-state index >= 15 is 0 Å². The van der Waals surface area contributed by atoms with E-state index in [0.29, 0.717) is 0 Å². The zero-order chi connectivity index (χ0) is 10.4. The Hall–Kier alpha value is -1.22. The second kappa shape index (κ2) is 5.50. The fourth-order valence-electron chi connectivity index (χ4n) is 1.02. The molecule has 0 atom stereocenters. The van der Waals surface area contributed by atoms with Crippen molar-refractivity contribution in [2.45, 2.75) is 12.7 Å². The minimum atomic E-state index is -0.901. The number of carboxylic acids is 1. The van der Waals surface area contributed by atoms with Crippen molar-refractivity contribution < 1.29 is 9.90 Å². The predicted octanol–water partition coefficient (Wildman–Crippen LogP) is 2.83. The van der Waals surface area contributed by atoms with Crippen molar-refractivity contribution in [3.8, 4) is 0 Å². The minimum Gasteiger partial charge on any atom is -0.478 e. The SMILES string of the molecule is Cc1ccccc1CSC=CC(=O)O. The van der Waals surface area contributed by atoms with E-state index in [1.54, 1.807) is 5.41 Å². The summed E-state index contributed by atoms with van der Waals surface area (Å²) in [6.45, 7) is 2.05. The summed E-state index contributed by atoms with van der Waals surface area (Å²) < 4.78 is 0. The van der Waals surface area contributed by atoms with Gasteiger partial charge in [-0.05, 0) is 23.5 Å². The number of aryl methyl sites for hydroxylation is 1. The second-order valence-corrected chi connectivity index (χ2v) is 3.77. The standard InChI is InChI=1S/C11H12O2S/c1-9-4-2-3-5-10(9)8-14-7-6-11(12)13/h2-7H,8H2,1H3,(H,12,13). The molecule has 1 N–H and O–H groups in total. The molecule has 1 aromatic carbocycles. The molecule has 14 heavy (non-hydrogen) atoms. The van der Waals surface area contributed by atoms with E-state index < -0.39 is 5.97 Å². The summed E-state index contributed by atoms with van der Waals surface area (Å²) in [4.78, 5) is 10.2. The lowest BCUT2D eigenvalue weighted by Crippen LogP contribution is -1.86. The molecular weight excluding hydrogens is 196 g/mol. The van der Waals surface area contributed by atoms with Crippen molar-refractivity contribution in [2.24, 2.45) is 0 Å². The molecule has 1 aromatic rings. The number of carboxylic acid groups (broad SMARTS) is 1. The average Bonchev–Trinajstić information content (AvgIpc) is 2.15. The number of aliphatic carboxylic acids is 1. The number of carbonyl (C=O) groups is 1. The summed E-state index contributed by atoms with van der Waals surface area (Å²) in [6, 6.07) is 8.09. The van der Waals surface area contributed by atoms with Crippen LogP contribution in [-0.4, -0.2) is 11.1 Å². The zero-order valence-electron chi connectivity index (χ0n) is 7.93. The van der Waals surface area contributed by atoms with Crippen LogP contribution in [0.1, 0.15) is 11.1 Å². The number of benzene rings is 1. The van der Waals surface area contributed by atoms with Crippen LogP contribution in [-0.2, 0) is 10.5 Å². The molecule has 0 unspecified atom stereocenters. The molecule has 0 bridgehead atoms. The van der Waals surface area contributed by atoms with Gasteiger partial charge in [-0.15, -0.1) is 11.8 Å². The Morgan fingerprint density at radius 3 is 2.86 bits per heavy atom. The molecule has 2 nitrogen and oxygen atoms in total. The molecule has 0 aliphatic carbocycles. The third-order valence-corrected chi connectivity index (χ3v) is 2.61. The Bertz CT molecular complexity index is 345. The lowest BCUT2D eigenvalue weighted by atomic mass is 10.1. The van der Waals surface area contributed by atoms with Crippen molar-refractivity contribution in [2.75, 3.05) is 0 Å². The number of thioether (sulfide) groups is 1. The molecule has 0 radical (unpaired) electrons. The van der Waals surface area contributed by atoms with E-state index in [9.17, 15) is 4.79 Å². The molecule has 0 saturated carbocycles. The molecule has 0 aliphatic rings. The average molecular weight is 208 g/mol. The summed E-state index contributed by atoms with van der Waals surface area (Å²) >= 11 is 1.49. The van der Waals surface area contributed by atoms with Crippen LogP contribution in [0.15, 0.2) is 35.7 Å². The Morgan fingerprint density at radius 2 is 2.21 bits per heavy atom. The zero-order valence-corrected chi connectivity index (χ0v) is 8.75. The van der Waals surface area contributed by atoms with Gasteiger partial charge < -0.3 is 5.11 Å². The van der Waals surface area contributed by atoms with Gasteiger partial charge in [0.1, 0.15) is 0 Å². The van der Waals surface area contributed by atoms with Crippen LogP contribution in [0.5, 0.6) is 0 Å². The first-order chi connectivity index (χ1) is 6.70. The lowest BCUT2D eigenvalue weighted by molar-refractivity contribution is -0.131. The highest BCUT2D eigenvalue weighted by Gasteiger charge is 1.95. The Morgan fingerprint density at radius 1 is 1.50 bits per heavy atom. The van der Waals surface area contributed by atoms with Crippen molar-refractivity contribution in [1.29, 1.82) is 0 Å². The third kappa shape index (κ3) is 3.66. The number of hydrogen-bond donors (Lipinski definition) is 1. The molecule has 0 amide bonds. The van der Waals surface area contributed by atoms with Gasteiger partial charge in [0.2, 0.25) is 0 Å². The summed E-state index contributed by atoms with van der Waals surface area (Å²) in [7, 11) is 0. The third-order valence-electron chi connectivity index (χ3n) is 1.81. The Kier molecular flexibility index (Phi) is 4.26. The normalized spacial score (nSPS) is 10.6. The molecular formula is C11H12O2S. The van der Waals surface area contributed by atoms with Crippen molar-refractivity contribution in [3.63, 3.8) is 0 Å². The summed E-state index contributed by atoms with van der Waals surface area (Å²) in [5.41, 5.74) is 2.48. The smallest absolute Gasteiger partial charge is 0.328 e. The quantitative estimate of drug-likeness (QED) is 0.773. The van der Waals surface area contributed by atoms with Gasteiger partial charge in [-0.3, -0.25) is 0 Å². The largest absolute Gasteiger partial charge is 0.478 e. The Balaban J connectivity index is 2.46. The number of hydrogen-bond acceptors (Lipinski definition) is 2. The molecule has 0 fully saturated rings. The van der Waals surface area contributed by atoms with Gasteiger partial charge in [0.15, 0.2) is 0 Å². The Labute approximate surface area is 87.6 Å². The van der Waals surface area contributed by atoms with Crippen LogP contribution in [0, 0.1) is 6.92 Å². The number of rotatable bonds is 4. The maximum Gasteiger partial charge on any atom is 0.328 e. The topological polar surface area (TPSA) is 37.3 Å². The summed E-state index contributed by atoms with van der Waals surface area (Å²) in [5, 5.41) is 9.97. The van der Waals surface area contributed by atoms with E-state index in [0.717, 1.165) is 11.8 Å². The van der Waals surface area contributed by atoms with Crippen LogP contribution in [0.4, 0.5) is 0 Å². The van der Waals surface area contributed by atoms with Gasteiger partial charge in [-0.2, -0.15) is 0 Å². The molecule has 1 rings (SSSR count). The van der Waals surface area contributed by atoms with Crippen LogP contribution in [0.3, 0.4) is 0 Å². The molecule has 0 aromatic heterocycles. The molecule has 0 saturated heterocycles. The van der Waals surface area contributed by atoms with E-state index in [1.165, 1.54) is 22.9 Å². The highest BCUT2D eigenvalue weighted by molar-refractivity contribution is 8.01. The van der Waals surface area contributed by atoms with E-state index in [-0.39, 0.29) is 0 Å². The van der Waals surface area contributed by atoms with Gasteiger partial charge in [0.25, 0.3) is 0 Å². The molecule has 3 heteroatoms. The van der Waals surface area contributed by atoms with Crippen LogP contribution in [0.2, 0.25) is 0 Å².